The Hall–Kier alpha value is -1.70. The fourth-order valence-electron chi connectivity index (χ4n) is 2.03. The summed E-state index contributed by atoms with van der Waals surface area (Å²) in [6.07, 6.45) is 1.75. The first kappa shape index (κ1) is 16.2. The first-order chi connectivity index (χ1) is 10.9. The van der Waals surface area contributed by atoms with Crippen LogP contribution >= 0.6 is 15.9 Å². The average molecular weight is 395 g/mol. The number of rotatable bonds is 5. The Balaban J connectivity index is 1.77. The number of sulfonamides is 1. The van der Waals surface area contributed by atoms with E-state index in [-0.39, 0.29) is 16.8 Å². The SMILES string of the molecule is O=C(Nc1cccc(S(=O)(=O)NC2CC2)c1)c1ccc(Br)cc1. The molecule has 0 saturated heterocycles. The molecular formula is C16H15BrN2O3S. The van der Waals surface area contributed by atoms with Crippen LogP contribution in [-0.2, 0) is 10.0 Å². The highest BCUT2D eigenvalue weighted by molar-refractivity contribution is 9.10. The van der Waals surface area contributed by atoms with E-state index in [0.29, 0.717) is 11.3 Å². The number of halogens is 1. The maximum Gasteiger partial charge on any atom is 0.255 e. The highest BCUT2D eigenvalue weighted by Gasteiger charge is 2.28. The zero-order chi connectivity index (χ0) is 16.4. The minimum atomic E-state index is -3.53. The summed E-state index contributed by atoms with van der Waals surface area (Å²) in [5.41, 5.74) is 0.939. The molecule has 1 saturated carbocycles. The van der Waals surface area contributed by atoms with Crippen molar-refractivity contribution in [1.82, 2.24) is 4.72 Å². The van der Waals surface area contributed by atoms with E-state index in [1.807, 2.05) is 0 Å². The third kappa shape index (κ3) is 4.19. The molecule has 1 aliphatic carbocycles. The van der Waals surface area contributed by atoms with Crippen LogP contribution in [0.2, 0.25) is 0 Å². The van der Waals surface area contributed by atoms with Crippen LogP contribution in [0.3, 0.4) is 0 Å². The number of amides is 1. The molecule has 1 aliphatic rings. The van der Waals surface area contributed by atoms with Crippen molar-refractivity contribution in [2.75, 3.05) is 5.32 Å². The summed E-state index contributed by atoms with van der Waals surface area (Å²) >= 11 is 3.31. The number of carbonyl (C=O) groups is 1. The Bertz CT molecular complexity index is 831. The maximum absolute atomic E-state index is 12.2. The molecule has 2 N–H and O–H groups in total. The van der Waals surface area contributed by atoms with E-state index in [2.05, 4.69) is 26.0 Å². The molecule has 1 amide bonds. The van der Waals surface area contributed by atoms with Crippen LogP contribution in [0.15, 0.2) is 57.9 Å². The monoisotopic (exact) mass is 394 g/mol. The molecule has 1 fully saturated rings. The molecule has 2 aromatic rings. The van der Waals surface area contributed by atoms with Gasteiger partial charge in [0.05, 0.1) is 4.90 Å². The lowest BCUT2D eigenvalue weighted by Gasteiger charge is -2.09. The lowest BCUT2D eigenvalue weighted by atomic mass is 10.2. The van der Waals surface area contributed by atoms with E-state index in [9.17, 15) is 13.2 Å². The Labute approximate surface area is 143 Å². The molecule has 120 valence electrons. The van der Waals surface area contributed by atoms with Gasteiger partial charge in [-0.2, -0.15) is 0 Å². The summed E-state index contributed by atoms with van der Waals surface area (Å²) in [6.45, 7) is 0. The molecule has 0 radical (unpaired) electrons. The molecule has 0 unspecified atom stereocenters. The number of benzene rings is 2. The summed E-state index contributed by atoms with van der Waals surface area (Å²) < 4.78 is 27.9. The van der Waals surface area contributed by atoms with Crippen LogP contribution < -0.4 is 10.0 Å². The van der Waals surface area contributed by atoms with Crippen molar-refractivity contribution >= 4 is 37.5 Å². The topological polar surface area (TPSA) is 75.3 Å². The first-order valence-electron chi connectivity index (χ1n) is 7.13. The predicted molar refractivity (Wildman–Crippen MR) is 91.9 cm³/mol. The quantitative estimate of drug-likeness (QED) is 0.817. The van der Waals surface area contributed by atoms with Crippen molar-refractivity contribution < 1.29 is 13.2 Å². The molecule has 0 atom stereocenters. The number of hydrogen-bond donors (Lipinski definition) is 2. The minimum Gasteiger partial charge on any atom is -0.322 e. The third-order valence-electron chi connectivity index (χ3n) is 3.41. The van der Waals surface area contributed by atoms with Crippen LogP contribution in [0.5, 0.6) is 0 Å². The Kier molecular flexibility index (Phi) is 4.52. The Morgan fingerprint density at radius 1 is 1.09 bits per heavy atom. The van der Waals surface area contributed by atoms with Gasteiger partial charge in [0.25, 0.3) is 5.91 Å². The molecule has 2 aromatic carbocycles. The number of hydrogen-bond acceptors (Lipinski definition) is 3. The molecule has 0 bridgehead atoms. The van der Waals surface area contributed by atoms with Gasteiger partial charge < -0.3 is 5.32 Å². The van der Waals surface area contributed by atoms with E-state index < -0.39 is 10.0 Å². The maximum atomic E-state index is 12.2. The number of nitrogens with one attached hydrogen (secondary N) is 2. The van der Waals surface area contributed by atoms with Gasteiger partial charge in [0.15, 0.2) is 0 Å². The zero-order valence-electron chi connectivity index (χ0n) is 12.1. The molecule has 0 aromatic heterocycles. The smallest absolute Gasteiger partial charge is 0.255 e. The van der Waals surface area contributed by atoms with Crippen molar-refractivity contribution in [2.45, 2.75) is 23.8 Å². The number of anilines is 1. The van der Waals surface area contributed by atoms with Crippen molar-refractivity contribution in [3.63, 3.8) is 0 Å². The largest absolute Gasteiger partial charge is 0.322 e. The van der Waals surface area contributed by atoms with E-state index in [4.69, 9.17) is 0 Å². The standard InChI is InChI=1S/C16H15BrN2O3S/c17-12-6-4-11(5-7-12)16(20)18-14-2-1-3-15(10-14)23(21,22)19-13-8-9-13/h1-7,10,13,19H,8-9H2,(H,18,20). The van der Waals surface area contributed by atoms with Crippen molar-refractivity contribution in [3.05, 3.63) is 58.6 Å². The zero-order valence-corrected chi connectivity index (χ0v) is 14.5. The highest BCUT2D eigenvalue weighted by atomic mass is 79.9. The van der Waals surface area contributed by atoms with Crippen LogP contribution in [0, 0.1) is 0 Å². The normalized spacial score (nSPS) is 14.5. The summed E-state index contributed by atoms with van der Waals surface area (Å²) in [4.78, 5) is 12.3. The molecule has 5 nitrogen and oxygen atoms in total. The highest BCUT2D eigenvalue weighted by Crippen LogP contribution is 2.23. The van der Waals surface area contributed by atoms with Gasteiger partial charge in [0, 0.05) is 21.8 Å². The van der Waals surface area contributed by atoms with E-state index in [1.165, 1.54) is 12.1 Å². The van der Waals surface area contributed by atoms with Crippen LogP contribution in [0.1, 0.15) is 23.2 Å². The van der Waals surface area contributed by atoms with Gasteiger partial charge in [0.2, 0.25) is 10.0 Å². The lowest BCUT2D eigenvalue weighted by Crippen LogP contribution is -2.25. The minimum absolute atomic E-state index is 0.0426. The second kappa shape index (κ2) is 6.43. The molecule has 0 heterocycles. The Morgan fingerprint density at radius 3 is 2.43 bits per heavy atom. The average Bonchev–Trinajstić information content (AvgIpc) is 3.31. The fraction of sp³-hybridized carbons (Fsp3) is 0.188. The first-order valence-corrected chi connectivity index (χ1v) is 9.41. The summed E-state index contributed by atoms with van der Waals surface area (Å²) in [7, 11) is -3.53. The fourth-order valence-corrected chi connectivity index (χ4v) is 3.65. The Morgan fingerprint density at radius 2 is 1.78 bits per heavy atom. The van der Waals surface area contributed by atoms with Gasteiger partial charge in [-0.05, 0) is 55.3 Å². The van der Waals surface area contributed by atoms with Gasteiger partial charge in [-0.1, -0.05) is 22.0 Å². The van der Waals surface area contributed by atoms with Crippen LogP contribution in [0.4, 0.5) is 5.69 Å². The third-order valence-corrected chi connectivity index (χ3v) is 5.45. The molecule has 7 heteroatoms. The van der Waals surface area contributed by atoms with Gasteiger partial charge in [-0.15, -0.1) is 0 Å². The van der Waals surface area contributed by atoms with Gasteiger partial charge >= 0.3 is 0 Å². The summed E-state index contributed by atoms with van der Waals surface area (Å²) in [5, 5.41) is 2.71. The van der Waals surface area contributed by atoms with Gasteiger partial charge in [0.1, 0.15) is 0 Å². The van der Waals surface area contributed by atoms with E-state index in [1.54, 1.807) is 36.4 Å². The second-order valence-electron chi connectivity index (χ2n) is 5.38. The van der Waals surface area contributed by atoms with Crippen molar-refractivity contribution in [1.29, 1.82) is 0 Å². The summed E-state index contributed by atoms with van der Waals surface area (Å²) in [6, 6.07) is 13.2. The van der Waals surface area contributed by atoms with E-state index >= 15 is 0 Å². The predicted octanol–water partition coefficient (Wildman–Crippen LogP) is 3.14. The van der Waals surface area contributed by atoms with Crippen LogP contribution in [-0.4, -0.2) is 20.4 Å². The molecular weight excluding hydrogens is 380 g/mol. The second-order valence-corrected chi connectivity index (χ2v) is 8.01. The van der Waals surface area contributed by atoms with Crippen molar-refractivity contribution in [2.24, 2.45) is 0 Å². The molecule has 3 rings (SSSR count). The van der Waals surface area contributed by atoms with Crippen molar-refractivity contribution in [3.8, 4) is 0 Å². The van der Waals surface area contributed by atoms with Gasteiger partial charge in [-0.3, -0.25) is 4.79 Å². The number of carbonyl (C=O) groups excluding carboxylic acids is 1. The molecule has 23 heavy (non-hydrogen) atoms. The molecule has 0 aliphatic heterocycles. The molecule has 0 spiro atoms. The van der Waals surface area contributed by atoms with Crippen LogP contribution in [0.25, 0.3) is 0 Å². The van der Waals surface area contributed by atoms with Gasteiger partial charge in [-0.25, -0.2) is 13.1 Å². The lowest BCUT2D eigenvalue weighted by molar-refractivity contribution is 0.102. The van der Waals surface area contributed by atoms with E-state index in [0.717, 1.165) is 17.3 Å². The summed E-state index contributed by atoms with van der Waals surface area (Å²) in [5.74, 6) is -0.290.